The molecule has 0 bridgehead atoms. The molecule has 7 heteroatoms. The van der Waals surface area contributed by atoms with E-state index < -0.39 is 36.2 Å². The van der Waals surface area contributed by atoms with Crippen LogP contribution in [0, 0.1) is 0 Å². The largest absolute Gasteiger partial charge is 0.394 e. The SMILES string of the molecule is C=CC(=O)[C@](N)(C=O)[C@@H](O)[C@H](O)[C@H](O)CO. The summed E-state index contributed by atoms with van der Waals surface area (Å²) in [5, 5.41) is 36.4. The van der Waals surface area contributed by atoms with Gasteiger partial charge in [0.25, 0.3) is 0 Å². The van der Waals surface area contributed by atoms with Crippen molar-refractivity contribution in [1.29, 1.82) is 0 Å². The first-order valence-corrected chi connectivity index (χ1v) is 4.42. The van der Waals surface area contributed by atoms with E-state index in [1.807, 2.05) is 0 Å². The third-order valence-corrected chi connectivity index (χ3v) is 2.20. The van der Waals surface area contributed by atoms with Gasteiger partial charge in [-0.15, -0.1) is 0 Å². The summed E-state index contributed by atoms with van der Waals surface area (Å²) < 4.78 is 0. The fraction of sp³-hybridized carbons (Fsp3) is 0.556. The first kappa shape index (κ1) is 14.9. The zero-order valence-corrected chi connectivity index (χ0v) is 8.48. The van der Waals surface area contributed by atoms with Crippen molar-refractivity contribution in [3.05, 3.63) is 12.7 Å². The summed E-state index contributed by atoms with van der Waals surface area (Å²) in [6.07, 6.45) is -5.01. The van der Waals surface area contributed by atoms with E-state index in [0.29, 0.717) is 0 Å². The predicted octanol–water partition coefficient (Wildman–Crippen LogP) is -3.29. The molecule has 0 rings (SSSR count). The highest BCUT2D eigenvalue weighted by Crippen LogP contribution is 2.13. The quantitative estimate of drug-likeness (QED) is 0.176. The topological polar surface area (TPSA) is 141 Å². The average Bonchev–Trinajstić information content (AvgIpc) is 2.33. The van der Waals surface area contributed by atoms with E-state index in [9.17, 15) is 19.8 Å². The second-order valence-electron chi connectivity index (χ2n) is 3.30. The molecule has 0 aromatic heterocycles. The van der Waals surface area contributed by atoms with Crippen LogP contribution in [0.3, 0.4) is 0 Å². The molecule has 0 amide bonds. The van der Waals surface area contributed by atoms with Gasteiger partial charge in [0.15, 0.2) is 17.6 Å². The van der Waals surface area contributed by atoms with Gasteiger partial charge in [0, 0.05) is 0 Å². The van der Waals surface area contributed by atoms with E-state index in [0.717, 1.165) is 6.08 Å². The van der Waals surface area contributed by atoms with E-state index in [1.165, 1.54) is 0 Å². The second kappa shape index (κ2) is 5.83. The fourth-order valence-corrected chi connectivity index (χ4v) is 1.05. The van der Waals surface area contributed by atoms with Crippen LogP contribution in [-0.4, -0.2) is 63.0 Å². The molecule has 7 nitrogen and oxygen atoms in total. The van der Waals surface area contributed by atoms with Crippen LogP contribution in [-0.2, 0) is 9.59 Å². The third-order valence-electron chi connectivity index (χ3n) is 2.20. The van der Waals surface area contributed by atoms with Gasteiger partial charge in [-0.05, 0) is 6.08 Å². The van der Waals surface area contributed by atoms with Crippen LogP contribution in [0.1, 0.15) is 0 Å². The summed E-state index contributed by atoms with van der Waals surface area (Å²) in [5.74, 6) is -1.00. The smallest absolute Gasteiger partial charge is 0.184 e. The Morgan fingerprint density at radius 1 is 1.44 bits per heavy atom. The van der Waals surface area contributed by atoms with Gasteiger partial charge in [-0.1, -0.05) is 6.58 Å². The zero-order valence-electron chi connectivity index (χ0n) is 8.48. The Morgan fingerprint density at radius 2 is 1.94 bits per heavy atom. The highest BCUT2D eigenvalue weighted by molar-refractivity contribution is 6.09. The molecule has 0 spiro atoms. The Kier molecular flexibility index (Phi) is 5.42. The van der Waals surface area contributed by atoms with Crippen molar-refractivity contribution >= 4 is 12.1 Å². The standard InChI is InChI=1S/C9H15NO6/c1-2-6(14)9(10,4-12)8(16)7(15)5(13)3-11/h2,4-5,7-8,11,13,15-16H,1,3,10H2/t5-,7-,8+,9-/m1/s1. The minimum atomic E-state index is -2.39. The maximum absolute atomic E-state index is 11.2. The Morgan fingerprint density at radius 3 is 2.25 bits per heavy atom. The molecule has 0 aromatic rings. The first-order valence-electron chi connectivity index (χ1n) is 4.42. The summed E-state index contributed by atoms with van der Waals surface area (Å²) in [7, 11) is 0. The third kappa shape index (κ3) is 2.71. The Balaban J connectivity index is 5.03. The van der Waals surface area contributed by atoms with Crippen molar-refractivity contribution in [3.8, 4) is 0 Å². The lowest BCUT2D eigenvalue weighted by molar-refractivity contribution is -0.141. The summed E-state index contributed by atoms with van der Waals surface area (Å²) in [6, 6.07) is 0. The fourth-order valence-electron chi connectivity index (χ4n) is 1.05. The normalized spacial score (nSPS) is 20.3. The maximum Gasteiger partial charge on any atom is 0.184 e. The van der Waals surface area contributed by atoms with Crippen LogP contribution in [0.5, 0.6) is 0 Å². The van der Waals surface area contributed by atoms with Gasteiger partial charge in [-0.25, -0.2) is 0 Å². The van der Waals surface area contributed by atoms with Crippen LogP contribution in [0.2, 0.25) is 0 Å². The number of nitrogens with two attached hydrogens (primary N) is 1. The highest BCUT2D eigenvalue weighted by atomic mass is 16.4. The molecular weight excluding hydrogens is 218 g/mol. The van der Waals surface area contributed by atoms with Crippen molar-refractivity contribution in [3.63, 3.8) is 0 Å². The Hall–Kier alpha value is -1.12. The number of hydrogen-bond donors (Lipinski definition) is 5. The number of aliphatic hydroxyl groups excluding tert-OH is 4. The second-order valence-corrected chi connectivity index (χ2v) is 3.30. The van der Waals surface area contributed by atoms with Gasteiger partial charge in [-0.3, -0.25) is 4.79 Å². The number of hydrogen-bond acceptors (Lipinski definition) is 7. The van der Waals surface area contributed by atoms with E-state index in [4.69, 9.17) is 15.9 Å². The summed E-state index contributed by atoms with van der Waals surface area (Å²) in [4.78, 5) is 21.9. The molecule has 0 aliphatic rings. The van der Waals surface area contributed by atoms with E-state index in [2.05, 4.69) is 6.58 Å². The van der Waals surface area contributed by atoms with Gasteiger partial charge in [0.05, 0.1) is 6.61 Å². The predicted molar refractivity (Wildman–Crippen MR) is 53.3 cm³/mol. The molecule has 92 valence electrons. The van der Waals surface area contributed by atoms with Crippen LogP contribution in [0.15, 0.2) is 12.7 Å². The molecule has 0 fully saturated rings. The van der Waals surface area contributed by atoms with Crippen molar-refractivity contribution in [2.24, 2.45) is 5.73 Å². The molecule has 0 unspecified atom stereocenters. The number of carbonyl (C=O) groups excluding carboxylic acids is 2. The van der Waals surface area contributed by atoms with Gasteiger partial charge in [-0.2, -0.15) is 0 Å². The molecule has 6 N–H and O–H groups in total. The number of carbonyl (C=O) groups is 2. The van der Waals surface area contributed by atoms with Crippen molar-refractivity contribution in [2.75, 3.05) is 6.61 Å². The number of rotatable bonds is 7. The monoisotopic (exact) mass is 233 g/mol. The lowest BCUT2D eigenvalue weighted by atomic mass is 9.85. The lowest BCUT2D eigenvalue weighted by Gasteiger charge is -2.31. The molecule has 0 aromatic carbocycles. The van der Waals surface area contributed by atoms with Crippen molar-refractivity contribution in [1.82, 2.24) is 0 Å². The van der Waals surface area contributed by atoms with Crippen LogP contribution in [0.4, 0.5) is 0 Å². The Bertz CT molecular complexity index is 281. The molecule has 16 heavy (non-hydrogen) atoms. The minimum Gasteiger partial charge on any atom is -0.394 e. The minimum absolute atomic E-state index is 0.0466. The molecule has 0 aliphatic carbocycles. The van der Waals surface area contributed by atoms with E-state index >= 15 is 0 Å². The number of ketones is 1. The van der Waals surface area contributed by atoms with Crippen LogP contribution in [0.25, 0.3) is 0 Å². The molecule has 0 aliphatic heterocycles. The zero-order chi connectivity index (χ0) is 12.9. The first-order chi connectivity index (χ1) is 7.34. The molecule has 0 saturated heterocycles. The Labute approximate surface area is 91.8 Å². The van der Waals surface area contributed by atoms with Gasteiger partial charge in [0.1, 0.15) is 18.3 Å². The van der Waals surface area contributed by atoms with Crippen molar-refractivity contribution < 1.29 is 30.0 Å². The van der Waals surface area contributed by atoms with E-state index in [1.54, 1.807) is 0 Å². The molecule has 4 atom stereocenters. The average molecular weight is 233 g/mol. The van der Waals surface area contributed by atoms with E-state index in [-0.39, 0.29) is 6.29 Å². The number of aliphatic hydroxyl groups is 4. The van der Waals surface area contributed by atoms with Crippen molar-refractivity contribution in [2.45, 2.75) is 23.9 Å². The van der Waals surface area contributed by atoms with Gasteiger partial charge < -0.3 is 31.0 Å². The van der Waals surface area contributed by atoms with Gasteiger partial charge >= 0.3 is 0 Å². The highest BCUT2D eigenvalue weighted by Gasteiger charge is 2.45. The van der Waals surface area contributed by atoms with Crippen LogP contribution >= 0.6 is 0 Å². The van der Waals surface area contributed by atoms with Gasteiger partial charge in [0.2, 0.25) is 0 Å². The van der Waals surface area contributed by atoms with Crippen LogP contribution < -0.4 is 5.73 Å². The molecule has 0 heterocycles. The molecule has 0 saturated carbocycles. The number of aldehydes is 1. The molecular formula is C9H15NO6. The maximum atomic E-state index is 11.2. The summed E-state index contributed by atoms with van der Waals surface area (Å²) in [5.41, 5.74) is 2.91. The summed E-state index contributed by atoms with van der Waals surface area (Å²) >= 11 is 0. The lowest BCUT2D eigenvalue weighted by Crippen LogP contribution is -2.64. The summed E-state index contributed by atoms with van der Waals surface area (Å²) in [6.45, 7) is 2.24. The molecule has 0 radical (unpaired) electrons.